The largest absolute Gasteiger partial charge is 0.474 e. The summed E-state index contributed by atoms with van der Waals surface area (Å²) in [6.45, 7) is 0.546. The van der Waals surface area contributed by atoms with Crippen LogP contribution < -0.4 is 9.04 Å². The van der Waals surface area contributed by atoms with Crippen LogP contribution in [0.5, 0.6) is 5.88 Å². The highest BCUT2D eigenvalue weighted by molar-refractivity contribution is 7.92. The monoisotopic (exact) mass is 459 g/mol. The van der Waals surface area contributed by atoms with Crippen LogP contribution in [0.25, 0.3) is 0 Å². The summed E-state index contributed by atoms with van der Waals surface area (Å²) < 4.78 is 76.0. The van der Waals surface area contributed by atoms with Crippen molar-refractivity contribution in [2.75, 3.05) is 44.8 Å². The lowest BCUT2D eigenvalue weighted by Crippen LogP contribution is -2.38. The highest BCUT2D eigenvalue weighted by Gasteiger charge is 2.34. The molecule has 0 N–H and O–H groups in total. The van der Waals surface area contributed by atoms with Crippen LogP contribution in [0.4, 0.5) is 18.9 Å². The van der Waals surface area contributed by atoms with E-state index in [2.05, 4.69) is 4.98 Å². The first-order valence-corrected chi connectivity index (χ1v) is 10.6. The standard InChI is InChI=1S/C19H20F3N3O5S/c1-24(7-9-29-2)18(26)13-11-16-17(23-12-13)30-10-8-25(16)31(27,28)15-5-3-14(4-6-15)19(20,21)22/h3-6,11-12H,7-10H2,1-2H3. The van der Waals surface area contributed by atoms with E-state index < -0.39 is 27.7 Å². The first-order valence-electron chi connectivity index (χ1n) is 9.13. The molecule has 0 fully saturated rings. The van der Waals surface area contributed by atoms with E-state index in [1.807, 2.05) is 0 Å². The van der Waals surface area contributed by atoms with Crippen LogP contribution in [-0.4, -0.2) is 64.7 Å². The predicted molar refractivity (Wildman–Crippen MR) is 105 cm³/mol. The van der Waals surface area contributed by atoms with Gasteiger partial charge in [0.05, 0.1) is 29.2 Å². The molecule has 0 aliphatic carbocycles. The topological polar surface area (TPSA) is 89.0 Å². The van der Waals surface area contributed by atoms with Crippen molar-refractivity contribution in [1.82, 2.24) is 9.88 Å². The van der Waals surface area contributed by atoms with E-state index in [1.165, 1.54) is 24.3 Å². The summed E-state index contributed by atoms with van der Waals surface area (Å²) in [4.78, 5) is 17.7. The Kier molecular flexibility index (Phi) is 6.41. The van der Waals surface area contributed by atoms with Crippen molar-refractivity contribution in [3.8, 4) is 5.88 Å². The van der Waals surface area contributed by atoms with Crippen LogP contribution in [0.2, 0.25) is 0 Å². The molecule has 0 unspecified atom stereocenters. The number of sulfonamides is 1. The van der Waals surface area contributed by atoms with Crippen molar-refractivity contribution in [2.24, 2.45) is 0 Å². The van der Waals surface area contributed by atoms with E-state index in [1.54, 1.807) is 7.05 Å². The normalized spacial score (nSPS) is 14.0. The maximum Gasteiger partial charge on any atom is 0.416 e. The average Bonchev–Trinajstić information content (AvgIpc) is 2.75. The van der Waals surface area contributed by atoms with Gasteiger partial charge in [-0.1, -0.05) is 0 Å². The molecule has 0 saturated carbocycles. The number of rotatable bonds is 6. The lowest BCUT2D eigenvalue weighted by atomic mass is 10.2. The van der Waals surface area contributed by atoms with Gasteiger partial charge in [-0.25, -0.2) is 13.4 Å². The second-order valence-corrected chi connectivity index (χ2v) is 8.58. The third-order valence-electron chi connectivity index (χ3n) is 4.63. The molecule has 3 rings (SSSR count). The number of amides is 1. The number of methoxy groups -OCH3 is 1. The molecule has 0 saturated heterocycles. The Bertz CT molecular complexity index is 1060. The summed E-state index contributed by atoms with van der Waals surface area (Å²) in [6.07, 6.45) is -3.30. The zero-order chi connectivity index (χ0) is 22.8. The Morgan fingerprint density at radius 3 is 2.58 bits per heavy atom. The number of halogens is 3. The van der Waals surface area contributed by atoms with Gasteiger partial charge < -0.3 is 14.4 Å². The fourth-order valence-corrected chi connectivity index (χ4v) is 4.38. The van der Waals surface area contributed by atoms with E-state index in [-0.39, 0.29) is 35.2 Å². The van der Waals surface area contributed by atoms with Crippen molar-refractivity contribution in [3.63, 3.8) is 0 Å². The van der Waals surface area contributed by atoms with E-state index in [4.69, 9.17) is 9.47 Å². The highest BCUT2D eigenvalue weighted by atomic mass is 32.2. The van der Waals surface area contributed by atoms with Gasteiger partial charge in [-0.2, -0.15) is 13.2 Å². The number of hydrogen-bond donors (Lipinski definition) is 0. The highest BCUT2D eigenvalue weighted by Crippen LogP contribution is 2.35. The maximum atomic E-state index is 13.1. The number of anilines is 1. The minimum atomic E-state index is -4.58. The van der Waals surface area contributed by atoms with Crippen LogP contribution >= 0.6 is 0 Å². The number of benzene rings is 1. The fraction of sp³-hybridized carbons (Fsp3) is 0.368. The zero-order valence-electron chi connectivity index (χ0n) is 16.7. The number of fused-ring (bicyclic) bond motifs is 1. The number of ether oxygens (including phenoxy) is 2. The summed E-state index contributed by atoms with van der Waals surface area (Å²) in [5.41, 5.74) is -0.782. The Balaban J connectivity index is 1.95. The third-order valence-corrected chi connectivity index (χ3v) is 6.46. The zero-order valence-corrected chi connectivity index (χ0v) is 17.5. The van der Waals surface area contributed by atoms with Gasteiger partial charge in [0.15, 0.2) is 0 Å². The van der Waals surface area contributed by atoms with Gasteiger partial charge in [-0.3, -0.25) is 9.10 Å². The maximum absolute atomic E-state index is 13.1. The molecule has 12 heteroatoms. The second-order valence-electron chi connectivity index (χ2n) is 6.72. The van der Waals surface area contributed by atoms with Crippen LogP contribution in [0.3, 0.4) is 0 Å². The van der Waals surface area contributed by atoms with Crippen molar-refractivity contribution in [1.29, 1.82) is 0 Å². The first kappa shape index (κ1) is 22.8. The second kappa shape index (κ2) is 8.71. The molecule has 1 aromatic heterocycles. The minimum absolute atomic E-state index is 0.000892. The van der Waals surface area contributed by atoms with Crippen LogP contribution in [-0.2, 0) is 20.9 Å². The van der Waals surface area contributed by atoms with E-state index in [9.17, 15) is 26.4 Å². The Morgan fingerprint density at radius 1 is 1.29 bits per heavy atom. The van der Waals surface area contributed by atoms with Crippen LogP contribution in [0.1, 0.15) is 15.9 Å². The molecule has 1 aromatic carbocycles. The van der Waals surface area contributed by atoms with E-state index in [0.717, 1.165) is 16.4 Å². The van der Waals surface area contributed by atoms with Gasteiger partial charge >= 0.3 is 6.18 Å². The van der Waals surface area contributed by atoms with Gasteiger partial charge in [-0.15, -0.1) is 0 Å². The number of likely N-dealkylation sites (N-methyl/N-ethyl adjacent to an activating group) is 1. The van der Waals surface area contributed by atoms with Gasteiger partial charge in [0.25, 0.3) is 15.9 Å². The molecule has 2 heterocycles. The molecule has 8 nitrogen and oxygen atoms in total. The molecule has 1 aliphatic heterocycles. The van der Waals surface area contributed by atoms with Gasteiger partial charge in [-0.05, 0) is 30.3 Å². The molecule has 0 radical (unpaired) electrons. The number of aromatic nitrogens is 1. The molecule has 168 valence electrons. The average molecular weight is 459 g/mol. The Morgan fingerprint density at radius 2 is 1.97 bits per heavy atom. The fourth-order valence-electron chi connectivity index (χ4n) is 2.94. The van der Waals surface area contributed by atoms with Crippen molar-refractivity contribution >= 4 is 21.6 Å². The molecule has 1 aliphatic rings. The summed E-state index contributed by atoms with van der Waals surface area (Å²) in [7, 11) is -1.15. The van der Waals surface area contributed by atoms with Gasteiger partial charge in [0, 0.05) is 26.9 Å². The quantitative estimate of drug-likeness (QED) is 0.659. The molecule has 2 aromatic rings. The molecule has 0 bridgehead atoms. The molecule has 0 atom stereocenters. The smallest absolute Gasteiger partial charge is 0.416 e. The van der Waals surface area contributed by atoms with Gasteiger partial charge in [0.1, 0.15) is 12.3 Å². The Hall–Kier alpha value is -2.86. The summed E-state index contributed by atoms with van der Waals surface area (Å²) >= 11 is 0. The Labute approximate surface area is 177 Å². The number of alkyl halides is 3. The first-order chi connectivity index (χ1) is 14.6. The number of hydrogen-bond acceptors (Lipinski definition) is 6. The lowest BCUT2D eigenvalue weighted by Gasteiger charge is -2.30. The number of carbonyl (C=O) groups excluding carboxylic acids is 1. The van der Waals surface area contributed by atoms with Crippen LogP contribution in [0.15, 0.2) is 41.4 Å². The van der Waals surface area contributed by atoms with Gasteiger partial charge in [0.2, 0.25) is 5.88 Å². The number of pyridine rings is 1. The van der Waals surface area contributed by atoms with Crippen molar-refractivity contribution in [2.45, 2.75) is 11.1 Å². The molecule has 1 amide bonds. The third kappa shape index (κ3) is 4.74. The molecule has 0 spiro atoms. The van der Waals surface area contributed by atoms with E-state index in [0.29, 0.717) is 25.3 Å². The molecular weight excluding hydrogens is 439 g/mol. The van der Waals surface area contributed by atoms with Crippen LogP contribution in [0, 0.1) is 0 Å². The summed E-state index contributed by atoms with van der Waals surface area (Å²) in [5, 5.41) is 0. The lowest BCUT2D eigenvalue weighted by molar-refractivity contribution is -0.137. The van der Waals surface area contributed by atoms with Crippen molar-refractivity contribution < 1.29 is 35.9 Å². The molecular formula is C19H20F3N3O5S. The summed E-state index contributed by atoms with van der Waals surface area (Å²) in [6, 6.07) is 4.55. The summed E-state index contributed by atoms with van der Waals surface area (Å²) in [5.74, 6) is -0.386. The number of nitrogens with zero attached hydrogens (tertiary/aromatic N) is 3. The molecule has 31 heavy (non-hydrogen) atoms. The van der Waals surface area contributed by atoms with E-state index >= 15 is 0 Å². The van der Waals surface area contributed by atoms with Crippen molar-refractivity contribution in [3.05, 3.63) is 47.7 Å². The SMILES string of the molecule is COCCN(C)C(=O)c1cnc2c(c1)N(S(=O)(=O)c1ccc(C(F)(F)F)cc1)CCO2. The minimum Gasteiger partial charge on any atom is -0.474 e. The number of carbonyl (C=O) groups is 1. The predicted octanol–water partition coefficient (Wildman–Crippen LogP) is 2.41.